The van der Waals surface area contributed by atoms with Gasteiger partial charge in [0.1, 0.15) is 17.3 Å². The van der Waals surface area contributed by atoms with Crippen molar-refractivity contribution < 1.29 is 18.7 Å². The second-order valence-corrected chi connectivity index (χ2v) is 6.33. The first kappa shape index (κ1) is 18.6. The fraction of sp³-hybridized carbons (Fsp3) is 0.235. The molecule has 0 fully saturated rings. The van der Waals surface area contributed by atoms with Gasteiger partial charge in [-0.1, -0.05) is 11.8 Å². The Labute approximate surface area is 159 Å². The highest BCUT2D eigenvalue weighted by Crippen LogP contribution is 2.32. The van der Waals surface area contributed by atoms with Crippen LogP contribution in [0.3, 0.4) is 0 Å². The fourth-order valence-electron chi connectivity index (χ4n) is 2.32. The van der Waals surface area contributed by atoms with Gasteiger partial charge in [0.05, 0.1) is 38.3 Å². The molecule has 3 aromatic rings. The third-order valence-electron chi connectivity index (χ3n) is 3.69. The smallest absolute Gasteiger partial charge is 0.230 e. The molecule has 2 heterocycles. The van der Waals surface area contributed by atoms with Gasteiger partial charge in [-0.25, -0.2) is 4.68 Å². The predicted octanol–water partition coefficient (Wildman–Crippen LogP) is 1.68. The monoisotopic (exact) mass is 389 g/mol. The molecule has 0 aliphatic heterocycles. The van der Waals surface area contributed by atoms with Gasteiger partial charge in [0.25, 0.3) is 0 Å². The minimum atomic E-state index is -0.164. The third-order valence-corrected chi connectivity index (χ3v) is 4.63. The second-order valence-electron chi connectivity index (χ2n) is 5.39. The number of amides is 1. The van der Waals surface area contributed by atoms with Crippen molar-refractivity contribution in [3.05, 3.63) is 42.4 Å². The maximum absolute atomic E-state index is 12.0. The van der Waals surface area contributed by atoms with E-state index in [1.165, 1.54) is 16.4 Å². The lowest BCUT2D eigenvalue weighted by Gasteiger charge is -2.10. The lowest BCUT2D eigenvalue weighted by atomic mass is 10.2. The minimum Gasteiger partial charge on any atom is -0.497 e. The minimum absolute atomic E-state index is 0.149. The van der Waals surface area contributed by atoms with E-state index < -0.39 is 0 Å². The predicted molar refractivity (Wildman–Crippen MR) is 100.0 cm³/mol. The molecule has 0 aliphatic carbocycles. The number of aromatic nitrogens is 3. The third kappa shape index (κ3) is 4.34. The molecule has 10 heteroatoms. The van der Waals surface area contributed by atoms with Crippen molar-refractivity contribution in [3.63, 3.8) is 0 Å². The van der Waals surface area contributed by atoms with E-state index in [1.807, 2.05) is 0 Å². The zero-order valence-corrected chi connectivity index (χ0v) is 15.7. The van der Waals surface area contributed by atoms with E-state index in [-0.39, 0.29) is 11.7 Å². The van der Waals surface area contributed by atoms with Crippen LogP contribution in [0.25, 0.3) is 11.4 Å². The number of carbonyl (C=O) groups is 1. The van der Waals surface area contributed by atoms with Crippen LogP contribution in [0.15, 0.2) is 46.2 Å². The Bertz CT molecular complexity index is 910. The van der Waals surface area contributed by atoms with E-state index in [1.54, 1.807) is 50.8 Å². The molecule has 0 atom stereocenters. The highest BCUT2D eigenvalue weighted by Gasteiger charge is 2.17. The number of nitrogens with two attached hydrogens (primary N) is 1. The molecule has 0 unspecified atom stereocenters. The average Bonchev–Trinajstić information content (AvgIpc) is 3.34. The zero-order valence-electron chi connectivity index (χ0n) is 14.8. The summed E-state index contributed by atoms with van der Waals surface area (Å²) in [5, 5.41) is 11.3. The highest BCUT2D eigenvalue weighted by atomic mass is 32.2. The molecular formula is C17H19N5O4S. The van der Waals surface area contributed by atoms with Crippen LogP contribution in [-0.2, 0) is 11.3 Å². The van der Waals surface area contributed by atoms with Crippen molar-refractivity contribution in [1.82, 2.24) is 20.2 Å². The van der Waals surface area contributed by atoms with E-state index in [2.05, 4.69) is 15.5 Å². The Kier molecular flexibility index (Phi) is 5.87. The molecule has 0 spiro atoms. The standard InChI is InChI=1S/C17H19N5O4S/c1-24-11-5-6-13(14(8-11)25-2)16-20-21-17(22(16)18)27-10-15(23)19-9-12-4-3-7-26-12/h3-8H,9-10,18H2,1-2H3,(H,19,23). The molecule has 3 N–H and O–H groups in total. The van der Waals surface area contributed by atoms with Crippen LogP contribution >= 0.6 is 11.8 Å². The maximum atomic E-state index is 12.0. The van der Waals surface area contributed by atoms with Crippen LogP contribution in [0.5, 0.6) is 11.5 Å². The quantitative estimate of drug-likeness (QED) is 0.441. The second kappa shape index (κ2) is 8.49. The van der Waals surface area contributed by atoms with Gasteiger partial charge in [0.2, 0.25) is 11.1 Å². The van der Waals surface area contributed by atoms with Gasteiger partial charge in [-0.2, -0.15) is 0 Å². The Morgan fingerprint density at radius 3 is 2.85 bits per heavy atom. The molecule has 1 amide bonds. The van der Waals surface area contributed by atoms with Crippen molar-refractivity contribution in [2.75, 3.05) is 25.8 Å². The summed E-state index contributed by atoms with van der Waals surface area (Å²) in [6.07, 6.45) is 1.56. The zero-order chi connectivity index (χ0) is 19.2. The van der Waals surface area contributed by atoms with Crippen molar-refractivity contribution in [1.29, 1.82) is 0 Å². The summed E-state index contributed by atoms with van der Waals surface area (Å²) in [6, 6.07) is 8.86. The number of benzene rings is 1. The normalized spacial score (nSPS) is 10.6. The van der Waals surface area contributed by atoms with Gasteiger partial charge in [-0.15, -0.1) is 10.2 Å². The molecule has 2 aromatic heterocycles. The Balaban J connectivity index is 1.66. The summed E-state index contributed by atoms with van der Waals surface area (Å²) >= 11 is 1.19. The lowest BCUT2D eigenvalue weighted by Crippen LogP contribution is -2.24. The molecule has 0 bridgehead atoms. The van der Waals surface area contributed by atoms with Gasteiger partial charge >= 0.3 is 0 Å². The largest absolute Gasteiger partial charge is 0.497 e. The van der Waals surface area contributed by atoms with E-state index in [9.17, 15) is 4.79 Å². The number of nitrogens with one attached hydrogen (secondary N) is 1. The molecule has 0 saturated heterocycles. The molecular weight excluding hydrogens is 370 g/mol. The summed E-state index contributed by atoms with van der Waals surface area (Å²) in [4.78, 5) is 12.0. The maximum Gasteiger partial charge on any atom is 0.230 e. The van der Waals surface area contributed by atoms with Crippen LogP contribution in [0.1, 0.15) is 5.76 Å². The van der Waals surface area contributed by atoms with Crippen molar-refractivity contribution in [3.8, 4) is 22.9 Å². The van der Waals surface area contributed by atoms with Gasteiger partial charge in [-0.3, -0.25) is 4.79 Å². The van der Waals surface area contributed by atoms with E-state index in [0.717, 1.165) is 0 Å². The van der Waals surface area contributed by atoms with Gasteiger partial charge in [0, 0.05) is 6.07 Å². The lowest BCUT2D eigenvalue weighted by molar-refractivity contribution is -0.118. The number of rotatable bonds is 8. The first-order valence-electron chi connectivity index (χ1n) is 7.97. The van der Waals surface area contributed by atoms with Crippen LogP contribution in [0, 0.1) is 0 Å². The van der Waals surface area contributed by atoms with Crippen molar-refractivity contribution in [2.24, 2.45) is 0 Å². The van der Waals surface area contributed by atoms with Gasteiger partial charge < -0.3 is 25.1 Å². The molecule has 1 aromatic carbocycles. The number of carbonyl (C=O) groups excluding carboxylic acids is 1. The molecule has 142 valence electrons. The van der Waals surface area contributed by atoms with Crippen molar-refractivity contribution >= 4 is 17.7 Å². The average molecular weight is 389 g/mol. The van der Waals surface area contributed by atoms with Crippen molar-refractivity contribution in [2.45, 2.75) is 11.7 Å². The summed E-state index contributed by atoms with van der Waals surface area (Å²) in [7, 11) is 3.13. The Hall–Kier alpha value is -3.14. The van der Waals surface area contributed by atoms with Crippen LogP contribution in [0.4, 0.5) is 0 Å². The number of hydrogen-bond donors (Lipinski definition) is 2. The highest BCUT2D eigenvalue weighted by molar-refractivity contribution is 7.99. The summed E-state index contributed by atoms with van der Waals surface area (Å²) in [6.45, 7) is 0.329. The first-order chi connectivity index (χ1) is 13.1. The summed E-state index contributed by atoms with van der Waals surface area (Å²) in [5.41, 5.74) is 0.669. The molecule has 0 radical (unpaired) electrons. The molecule has 27 heavy (non-hydrogen) atoms. The van der Waals surface area contributed by atoms with Crippen LogP contribution < -0.4 is 20.6 Å². The number of methoxy groups -OCH3 is 2. The molecule has 3 rings (SSSR count). The van der Waals surface area contributed by atoms with Crippen LogP contribution in [-0.4, -0.2) is 40.8 Å². The van der Waals surface area contributed by atoms with Crippen LogP contribution in [0.2, 0.25) is 0 Å². The topological polar surface area (TPSA) is 117 Å². The number of nitrogen functional groups attached to an aromatic ring is 1. The van der Waals surface area contributed by atoms with E-state index in [4.69, 9.17) is 19.7 Å². The van der Waals surface area contributed by atoms with Gasteiger partial charge in [-0.05, 0) is 24.3 Å². The Morgan fingerprint density at radius 1 is 1.30 bits per heavy atom. The fourth-order valence-corrected chi connectivity index (χ4v) is 3.01. The number of thioether (sulfide) groups is 1. The summed E-state index contributed by atoms with van der Waals surface area (Å²) in [5.74, 6) is 8.41. The number of hydrogen-bond acceptors (Lipinski definition) is 8. The SMILES string of the molecule is COc1ccc(-c2nnc(SCC(=O)NCc3ccco3)n2N)c(OC)c1. The molecule has 9 nitrogen and oxygen atoms in total. The first-order valence-corrected chi connectivity index (χ1v) is 8.95. The van der Waals surface area contributed by atoms with Gasteiger partial charge in [0.15, 0.2) is 5.82 Å². The van der Waals surface area contributed by atoms with E-state index in [0.29, 0.717) is 40.3 Å². The molecule has 0 aliphatic rings. The molecule has 0 saturated carbocycles. The number of furan rings is 1. The number of nitrogens with zero attached hydrogens (tertiary/aromatic N) is 3. The van der Waals surface area contributed by atoms with E-state index >= 15 is 0 Å². The summed E-state index contributed by atoms with van der Waals surface area (Å²) < 4.78 is 17.1. The number of ether oxygens (including phenoxy) is 2. The Morgan fingerprint density at radius 2 is 2.15 bits per heavy atom.